The molecule has 0 unspecified atom stereocenters. The fraction of sp³-hybridized carbons (Fsp3) is 0.400. The van der Waals surface area contributed by atoms with Gasteiger partial charge in [0.15, 0.2) is 0 Å². The van der Waals surface area contributed by atoms with E-state index in [1.165, 1.54) is 16.8 Å². The molecule has 0 bridgehead atoms. The Morgan fingerprint density at radius 2 is 2.11 bits per heavy atom. The van der Waals surface area contributed by atoms with Gasteiger partial charge in [0.25, 0.3) is 0 Å². The first-order chi connectivity index (χ1) is 8.65. The smallest absolute Gasteiger partial charge is 0.0663 e. The Bertz CT molecular complexity index is 500. The van der Waals surface area contributed by atoms with E-state index in [-0.39, 0.29) is 0 Å². The lowest BCUT2D eigenvalue weighted by Gasteiger charge is -2.11. The molecule has 0 aliphatic carbocycles. The third-order valence-electron chi connectivity index (χ3n) is 2.91. The van der Waals surface area contributed by atoms with Gasteiger partial charge in [-0.05, 0) is 18.6 Å². The molecule has 0 amide bonds. The summed E-state index contributed by atoms with van der Waals surface area (Å²) in [6, 6.07) is 11.1. The lowest BCUT2D eigenvalue weighted by atomic mass is 10.1. The third kappa shape index (κ3) is 3.44. The van der Waals surface area contributed by atoms with Crippen molar-refractivity contribution in [3.05, 3.63) is 53.3 Å². The molecule has 1 N–H and O–H groups in total. The summed E-state index contributed by atoms with van der Waals surface area (Å²) in [5, 5.41) is 7.82. The van der Waals surface area contributed by atoms with E-state index in [4.69, 9.17) is 0 Å². The van der Waals surface area contributed by atoms with Gasteiger partial charge in [0.1, 0.15) is 0 Å². The van der Waals surface area contributed by atoms with Gasteiger partial charge in [0.2, 0.25) is 0 Å². The minimum atomic E-state index is 0.493. The number of aromatic nitrogens is 2. The maximum Gasteiger partial charge on any atom is 0.0663 e. The zero-order valence-electron chi connectivity index (χ0n) is 11.4. The number of nitrogens with one attached hydrogen (secondary N) is 1. The van der Waals surface area contributed by atoms with Crippen molar-refractivity contribution in [2.45, 2.75) is 39.9 Å². The van der Waals surface area contributed by atoms with Gasteiger partial charge in [-0.25, -0.2) is 0 Å². The van der Waals surface area contributed by atoms with E-state index < -0.39 is 0 Å². The van der Waals surface area contributed by atoms with E-state index in [0.717, 1.165) is 13.1 Å². The molecule has 1 aromatic carbocycles. The molecule has 3 heteroatoms. The second-order valence-electron chi connectivity index (χ2n) is 5.00. The van der Waals surface area contributed by atoms with E-state index in [9.17, 15) is 0 Å². The maximum atomic E-state index is 4.40. The summed E-state index contributed by atoms with van der Waals surface area (Å²) in [4.78, 5) is 0. The minimum absolute atomic E-state index is 0.493. The zero-order valence-corrected chi connectivity index (χ0v) is 11.4. The molecule has 0 spiro atoms. The van der Waals surface area contributed by atoms with Crippen LogP contribution in [0.25, 0.3) is 0 Å². The summed E-state index contributed by atoms with van der Waals surface area (Å²) in [6.45, 7) is 8.13. The lowest BCUT2D eigenvalue weighted by molar-refractivity contribution is 0.547. The first-order valence-electron chi connectivity index (χ1n) is 6.45. The number of benzene rings is 1. The number of aryl methyl sites for hydroxylation is 1. The molecular weight excluding hydrogens is 222 g/mol. The highest BCUT2D eigenvalue weighted by atomic mass is 15.3. The van der Waals surface area contributed by atoms with Crippen LogP contribution in [-0.4, -0.2) is 15.8 Å². The Kier molecular flexibility index (Phi) is 4.15. The highest BCUT2D eigenvalue weighted by Crippen LogP contribution is 2.08. The maximum absolute atomic E-state index is 4.40. The molecule has 1 heterocycles. The van der Waals surface area contributed by atoms with Crippen molar-refractivity contribution in [1.82, 2.24) is 15.1 Å². The monoisotopic (exact) mass is 243 g/mol. The van der Waals surface area contributed by atoms with Gasteiger partial charge >= 0.3 is 0 Å². The summed E-state index contributed by atoms with van der Waals surface area (Å²) in [6.07, 6.45) is 1.87. The molecule has 2 rings (SSSR count). The van der Waals surface area contributed by atoms with Gasteiger partial charge in [-0.15, -0.1) is 0 Å². The summed E-state index contributed by atoms with van der Waals surface area (Å²) in [5.74, 6) is 0. The van der Waals surface area contributed by atoms with Crippen molar-refractivity contribution < 1.29 is 0 Å². The number of rotatable bonds is 5. The largest absolute Gasteiger partial charge is 0.309 e. The van der Waals surface area contributed by atoms with Crippen LogP contribution in [-0.2, 0) is 13.1 Å². The highest BCUT2D eigenvalue weighted by Gasteiger charge is 2.04. The summed E-state index contributed by atoms with van der Waals surface area (Å²) >= 11 is 0. The minimum Gasteiger partial charge on any atom is -0.309 e. The molecule has 1 aromatic heterocycles. The average Bonchev–Trinajstić information content (AvgIpc) is 2.74. The van der Waals surface area contributed by atoms with E-state index in [0.29, 0.717) is 6.04 Å². The van der Waals surface area contributed by atoms with E-state index in [1.807, 2.05) is 6.20 Å². The van der Waals surface area contributed by atoms with E-state index in [1.54, 1.807) is 0 Å². The van der Waals surface area contributed by atoms with Crippen molar-refractivity contribution in [2.24, 2.45) is 0 Å². The fourth-order valence-corrected chi connectivity index (χ4v) is 1.94. The van der Waals surface area contributed by atoms with Crippen molar-refractivity contribution >= 4 is 0 Å². The highest BCUT2D eigenvalue weighted by molar-refractivity contribution is 5.22. The van der Waals surface area contributed by atoms with Crippen LogP contribution in [0, 0.1) is 6.92 Å². The summed E-state index contributed by atoms with van der Waals surface area (Å²) in [7, 11) is 0. The predicted molar refractivity (Wildman–Crippen MR) is 74.5 cm³/mol. The van der Waals surface area contributed by atoms with Crippen molar-refractivity contribution in [3.8, 4) is 0 Å². The molecule has 0 radical (unpaired) electrons. The molecular formula is C15H21N3. The van der Waals surface area contributed by atoms with Crippen LogP contribution in [0.2, 0.25) is 0 Å². The quantitative estimate of drug-likeness (QED) is 0.875. The van der Waals surface area contributed by atoms with E-state index >= 15 is 0 Å². The number of hydrogen-bond donors (Lipinski definition) is 1. The Morgan fingerprint density at radius 1 is 1.28 bits per heavy atom. The van der Waals surface area contributed by atoms with Crippen LogP contribution in [0.5, 0.6) is 0 Å². The molecule has 96 valence electrons. The average molecular weight is 243 g/mol. The van der Waals surface area contributed by atoms with Gasteiger partial charge in [-0.3, -0.25) is 4.68 Å². The van der Waals surface area contributed by atoms with Crippen molar-refractivity contribution in [2.75, 3.05) is 0 Å². The molecule has 18 heavy (non-hydrogen) atoms. The third-order valence-corrected chi connectivity index (χ3v) is 2.91. The van der Waals surface area contributed by atoms with Crippen molar-refractivity contribution in [3.63, 3.8) is 0 Å². The fourth-order valence-electron chi connectivity index (χ4n) is 1.94. The molecule has 2 aromatic rings. The first-order valence-corrected chi connectivity index (χ1v) is 6.45. The molecule has 0 aliphatic rings. The number of hydrogen-bond acceptors (Lipinski definition) is 2. The Labute approximate surface area is 109 Å². The Hall–Kier alpha value is -1.61. The summed E-state index contributed by atoms with van der Waals surface area (Å²) in [5.41, 5.74) is 3.82. The second kappa shape index (κ2) is 5.83. The Balaban J connectivity index is 2.07. The second-order valence-corrected chi connectivity index (χ2v) is 5.00. The zero-order chi connectivity index (χ0) is 13.0. The van der Waals surface area contributed by atoms with Gasteiger partial charge in [0, 0.05) is 18.8 Å². The molecule has 0 fully saturated rings. The lowest BCUT2D eigenvalue weighted by Crippen LogP contribution is -2.23. The summed E-state index contributed by atoms with van der Waals surface area (Å²) < 4.78 is 2.06. The van der Waals surface area contributed by atoms with Crippen LogP contribution in [0.1, 0.15) is 30.7 Å². The van der Waals surface area contributed by atoms with Crippen LogP contribution >= 0.6 is 0 Å². The standard InChI is InChI=1S/C15H21N3/c1-12(2)16-10-15-7-8-17-18(15)11-14-6-4-5-13(3)9-14/h4-9,12,16H,10-11H2,1-3H3. The molecule has 0 aliphatic heterocycles. The van der Waals surface area contributed by atoms with Crippen LogP contribution in [0.15, 0.2) is 36.5 Å². The predicted octanol–water partition coefficient (Wildman–Crippen LogP) is 2.74. The van der Waals surface area contributed by atoms with Crippen molar-refractivity contribution in [1.29, 1.82) is 0 Å². The van der Waals surface area contributed by atoms with Crippen LogP contribution in [0.3, 0.4) is 0 Å². The van der Waals surface area contributed by atoms with E-state index in [2.05, 4.69) is 66.2 Å². The van der Waals surface area contributed by atoms with Crippen LogP contribution < -0.4 is 5.32 Å². The SMILES string of the molecule is Cc1cccc(Cn2nccc2CNC(C)C)c1. The van der Waals surface area contributed by atoms with Crippen LogP contribution in [0.4, 0.5) is 0 Å². The van der Waals surface area contributed by atoms with Gasteiger partial charge in [-0.1, -0.05) is 43.7 Å². The van der Waals surface area contributed by atoms with Gasteiger partial charge < -0.3 is 5.32 Å². The van der Waals surface area contributed by atoms with Gasteiger partial charge in [0.05, 0.1) is 12.2 Å². The molecule has 3 nitrogen and oxygen atoms in total. The topological polar surface area (TPSA) is 29.9 Å². The van der Waals surface area contributed by atoms with Gasteiger partial charge in [-0.2, -0.15) is 5.10 Å². The number of nitrogens with zero attached hydrogens (tertiary/aromatic N) is 2. The normalized spacial score (nSPS) is 11.1. The molecule has 0 saturated heterocycles. The first kappa shape index (κ1) is 12.8. The molecule has 0 saturated carbocycles. The Morgan fingerprint density at radius 3 is 2.83 bits per heavy atom. The molecule has 0 atom stereocenters.